The standard InChI is InChI=1S/C22H16N2O4/c25-21(19-9-13-23(27)14-10-19)7-5-17-1-2-18(4-3-17)6-8-22(26)20-11-15-24(28)16-12-20/h1-16H. The lowest BCUT2D eigenvalue weighted by Gasteiger charge is -1.98. The molecular formula is C22H16N2O4. The fraction of sp³-hybridized carbons (Fsp3) is 0. The molecular weight excluding hydrogens is 356 g/mol. The van der Waals surface area contributed by atoms with Crippen LogP contribution in [0.25, 0.3) is 12.2 Å². The smallest absolute Gasteiger partial charge is 0.186 e. The predicted molar refractivity (Wildman–Crippen MR) is 104 cm³/mol. The van der Waals surface area contributed by atoms with Gasteiger partial charge in [0.05, 0.1) is 0 Å². The Balaban J connectivity index is 1.62. The van der Waals surface area contributed by atoms with Gasteiger partial charge in [-0.25, -0.2) is 0 Å². The van der Waals surface area contributed by atoms with E-state index in [1.807, 2.05) is 24.3 Å². The molecule has 0 atom stereocenters. The number of hydrogen-bond donors (Lipinski definition) is 0. The molecule has 0 bridgehead atoms. The van der Waals surface area contributed by atoms with Crippen LogP contribution in [0.5, 0.6) is 0 Å². The summed E-state index contributed by atoms with van der Waals surface area (Å²) < 4.78 is 1.24. The minimum absolute atomic E-state index is 0.197. The van der Waals surface area contributed by atoms with E-state index in [-0.39, 0.29) is 11.6 Å². The number of nitrogens with zero attached hydrogens (tertiary/aromatic N) is 2. The maximum absolute atomic E-state index is 12.1. The van der Waals surface area contributed by atoms with Gasteiger partial charge in [-0.1, -0.05) is 36.4 Å². The lowest BCUT2D eigenvalue weighted by molar-refractivity contribution is -0.605. The first-order valence-corrected chi connectivity index (χ1v) is 8.44. The quantitative estimate of drug-likeness (QED) is 0.288. The minimum Gasteiger partial charge on any atom is -0.619 e. The average molecular weight is 372 g/mol. The number of ketones is 2. The second kappa shape index (κ2) is 8.55. The first-order valence-electron chi connectivity index (χ1n) is 8.44. The van der Waals surface area contributed by atoms with Gasteiger partial charge in [0.2, 0.25) is 0 Å². The molecule has 28 heavy (non-hydrogen) atoms. The lowest BCUT2D eigenvalue weighted by atomic mass is 10.1. The van der Waals surface area contributed by atoms with Gasteiger partial charge >= 0.3 is 0 Å². The highest BCUT2D eigenvalue weighted by atomic mass is 16.5. The maximum atomic E-state index is 12.1. The molecule has 0 amide bonds. The topological polar surface area (TPSA) is 88.0 Å². The van der Waals surface area contributed by atoms with Crippen molar-refractivity contribution in [3.05, 3.63) is 118 Å². The lowest BCUT2D eigenvalue weighted by Crippen LogP contribution is -2.24. The predicted octanol–water partition coefficient (Wildman–Crippen LogP) is 2.75. The molecule has 2 aromatic heterocycles. The summed E-state index contributed by atoms with van der Waals surface area (Å²) >= 11 is 0. The number of carbonyl (C=O) groups excluding carboxylic acids is 2. The van der Waals surface area contributed by atoms with Crippen LogP contribution in [0.2, 0.25) is 0 Å². The van der Waals surface area contributed by atoms with Gasteiger partial charge in [-0.2, -0.15) is 9.46 Å². The van der Waals surface area contributed by atoms with Gasteiger partial charge in [0.1, 0.15) is 0 Å². The largest absolute Gasteiger partial charge is 0.619 e. The summed E-state index contributed by atoms with van der Waals surface area (Å²) in [6.45, 7) is 0. The Morgan fingerprint density at radius 2 is 0.929 bits per heavy atom. The highest BCUT2D eigenvalue weighted by Crippen LogP contribution is 2.10. The molecule has 138 valence electrons. The van der Waals surface area contributed by atoms with Crippen molar-refractivity contribution in [1.29, 1.82) is 0 Å². The second-order valence-electron chi connectivity index (χ2n) is 5.96. The van der Waals surface area contributed by atoms with Gasteiger partial charge < -0.3 is 10.4 Å². The Bertz CT molecular complexity index is 949. The molecule has 1 aromatic carbocycles. The number of benzene rings is 1. The monoisotopic (exact) mass is 372 g/mol. The SMILES string of the molecule is O=C(C=Cc1ccc(C=CC(=O)c2cc[n+]([O-])cc2)cc1)c1cc[n+]([O-])cc1. The zero-order valence-corrected chi connectivity index (χ0v) is 14.8. The number of rotatable bonds is 6. The number of carbonyl (C=O) groups is 2. The van der Waals surface area contributed by atoms with E-state index >= 15 is 0 Å². The normalized spacial score (nSPS) is 11.1. The van der Waals surface area contributed by atoms with Gasteiger partial charge in [0.25, 0.3) is 0 Å². The van der Waals surface area contributed by atoms with Crippen molar-refractivity contribution < 1.29 is 19.0 Å². The molecule has 0 fully saturated rings. The molecule has 0 unspecified atom stereocenters. The fourth-order valence-corrected chi connectivity index (χ4v) is 2.41. The van der Waals surface area contributed by atoms with Gasteiger partial charge in [-0.3, -0.25) is 9.59 Å². The van der Waals surface area contributed by atoms with Crippen LogP contribution in [0.1, 0.15) is 31.8 Å². The Hall–Kier alpha value is -4.06. The highest BCUT2D eigenvalue weighted by Gasteiger charge is 2.04. The molecule has 6 heteroatoms. The van der Waals surface area contributed by atoms with E-state index in [0.29, 0.717) is 20.6 Å². The average Bonchev–Trinajstić information content (AvgIpc) is 2.72. The van der Waals surface area contributed by atoms with Crippen LogP contribution < -0.4 is 9.46 Å². The van der Waals surface area contributed by atoms with Crippen LogP contribution in [0.4, 0.5) is 0 Å². The number of hydrogen-bond acceptors (Lipinski definition) is 4. The fourth-order valence-electron chi connectivity index (χ4n) is 2.41. The van der Waals surface area contributed by atoms with Crippen molar-refractivity contribution in [2.24, 2.45) is 0 Å². The number of allylic oxidation sites excluding steroid dienone is 2. The Labute approximate surface area is 161 Å². The van der Waals surface area contributed by atoms with Gasteiger partial charge in [0, 0.05) is 35.4 Å². The second-order valence-corrected chi connectivity index (χ2v) is 5.96. The Kier molecular flexibility index (Phi) is 5.72. The third kappa shape index (κ3) is 4.98. The zero-order valence-electron chi connectivity index (χ0n) is 14.8. The van der Waals surface area contributed by atoms with E-state index in [1.54, 1.807) is 12.2 Å². The van der Waals surface area contributed by atoms with Crippen LogP contribution in [0.3, 0.4) is 0 Å². The van der Waals surface area contributed by atoms with Gasteiger partial charge in [0.15, 0.2) is 36.4 Å². The van der Waals surface area contributed by atoms with Crippen molar-refractivity contribution in [2.45, 2.75) is 0 Å². The van der Waals surface area contributed by atoms with E-state index in [9.17, 15) is 20.0 Å². The van der Waals surface area contributed by atoms with Crippen molar-refractivity contribution in [3.63, 3.8) is 0 Å². The third-order valence-corrected chi connectivity index (χ3v) is 3.96. The van der Waals surface area contributed by atoms with Crippen LogP contribution in [0.15, 0.2) is 85.5 Å². The molecule has 6 nitrogen and oxygen atoms in total. The van der Waals surface area contributed by atoms with Crippen molar-refractivity contribution >= 4 is 23.7 Å². The molecule has 0 aliphatic heterocycles. The molecule has 3 rings (SSSR count). The van der Waals surface area contributed by atoms with Crippen LogP contribution in [0, 0.1) is 10.4 Å². The van der Waals surface area contributed by atoms with Crippen molar-refractivity contribution in [1.82, 2.24) is 0 Å². The van der Waals surface area contributed by atoms with Crippen LogP contribution in [-0.2, 0) is 0 Å². The zero-order chi connectivity index (χ0) is 19.9. The molecule has 3 aromatic rings. The highest BCUT2D eigenvalue weighted by molar-refractivity contribution is 6.07. The molecule has 0 saturated carbocycles. The summed E-state index contributed by atoms with van der Waals surface area (Å²) in [5, 5.41) is 22.0. The van der Waals surface area contributed by atoms with Gasteiger partial charge in [-0.15, -0.1) is 0 Å². The first kappa shape index (κ1) is 18.7. The summed E-state index contributed by atoms with van der Waals surface area (Å²) in [6, 6.07) is 13.2. The third-order valence-electron chi connectivity index (χ3n) is 3.96. The Morgan fingerprint density at radius 3 is 1.25 bits per heavy atom. The van der Waals surface area contributed by atoms with E-state index in [2.05, 4.69) is 0 Å². The number of pyridine rings is 2. The molecule has 0 radical (unpaired) electrons. The van der Waals surface area contributed by atoms with Gasteiger partial charge in [-0.05, 0) is 23.3 Å². The van der Waals surface area contributed by atoms with E-state index in [4.69, 9.17) is 0 Å². The summed E-state index contributed by atoms with van der Waals surface area (Å²) in [7, 11) is 0. The molecule has 0 aliphatic carbocycles. The van der Waals surface area contributed by atoms with Crippen molar-refractivity contribution in [2.75, 3.05) is 0 Å². The van der Waals surface area contributed by atoms with Crippen molar-refractivity contribution in [3.8, 4) is 0 Å². The molecule has 0 N–H and O–H groups in total. The summed E-state index contributed by atoms with van der Waals surface area (Å²) in [4.78, 5) is 24.1. The molecule has 0 spiro atoms. The van der Waals surface area contributed by atoms with E-state index in [1.165, 1.54) is 61.2 Å². The van der Waals surface area contributed by atoms with E-state index in [0.717, 1.165) is 11.1 Å². The summed E-state index contributed by atoms with van der Waals surface area (Å²) in [6.07, 6.45) is 11.3. The maximum Gasteiger partial charge on any atom is 0.186 e. The number of aromatic nitrogens is 2. The molecule has 0 aliphatic rings. The van der Waals surface area contributed by atoms with Crippen LogP contribution >= 0.6 is 0 Å². The molecule has 0 saturated heterocycles. The van der Waals surface area contributed by atoms with Crippen LogP contribution in [-0.4, -0.2) is 11.6 Å². The first-order chi connectivity index (χ1) is 13.5. The van der Waals surface area contributed by atoms with E-state index < -0.39 is 0 Å². The summed E-state index contributed by atoms with van der Waals surface area (Å²) in [5.74, 6) is -0.394. The molecule has 2 heterocycles. The Morgan fingerprint density at radius 1 is 0.607 bits per heavy atom. The summed E-state index contributed by atoms with van der Waals surface area (Å²) in [5.41, 5.74) is 2.53. The minimum atomic E-state index is -0.197.